The smallest absolute Gasteiger partial charge is 0.416 e. The maximum absolute atomic E-state index is 13.0. The second kappa shape index (κ2) is 8.38. The maximum atomic E-state index is 13.0. The van der Waals surface area contributed by atoms with Gasteiger partial charge in [0.25, 0.3) is 0 Å². The van der Waals surface area contributed by atoms with Gasteiger partial charge in [-0.25, -0.2) is 9.97 Å². The fourth-order valence-corrected chi connectivity index (χ4v) is 4.19. The number of aromatic nitrogens is 3. The number of halogens is 6. The van der Waals surface area contributed by atoms with Gasteiger partial charge in [0.05, 0.1) is 11.1 Å². The van der Waals surface area contributed by atoms with Crippen LogP contribution in [0.1, 0.15) is 18.1 Å². The molecule has 0 amide bonds. The summed E-state index contributed by atoms with van der Waals surface area (Å²) in [6.45, 7) is 1.68. The normalized spacial score (nSPS) is 13.5. The van der Waals surface area contributed by atoms with Crippen LogP contribution < -0.4 is 0 Å². The van der Waals surface area contributed by atoms with Gasteiger partial charge < -0.3 is 8.95 Å². The van der Waals surface area contributed by atoms with Gasteiger partial charge in [-0.15, -0.1) is 0 Å². The lowest BCUT2D eigenvalue weighted by atomic mass is 10.0. The van der Waals surface area contributed by atoms with Crippen LogP contribution in [-0.2, 0) is 23.5 Å². The quantitative estimate of drug-likeness (QED) is 0.256. The van der Waals surface area contributed by atoms with Crippen LogP contribution in [0.25, 0.3) is 28.2 Å². The van der Waals surface area contributed by atoms with Gasteiger partial charge >= 0.3 is 12.4 Å². The molecule has 0 aliphatic carbocycles. The van der Waals surface area contributed by atoms with E-state index in [9.17, 15) is 30.9 Å². The van der Waals surface area contributed by atoms with Crippen LogP contribution in [0.15, 0.2) is 66.0 Å². The topological polar surface area (TPSA) is 53.2 Å². The highest BCUT2D eigenvalue weighted by molar-refractivity contribution is 7.91. The van der Waals surface area contributed by atoms with E-state index in [0.29, 0.717) is 11.1 Å². The first-order valence-corrected chi connectivity index (χ1v) is 10.9. The number of imidazole rings is 1. The lowest BCUT2D eigenvalue weighted by molar-refractivity contribution is -0.138. The minimum Gasteiger partial charge on any atom is -0.611 e. The molecule has 0 aliphatic heterocycles. The van der Waals surface area contributed by atoms with Crippen LogP contribution in [0, 0.1) is 0 Å². The summed E-state index contributed by atoms with van der Waals surface area (Å²) in [7, 11) is 0. The highest BCUT2D eigenvalue weighted by atomic mass is 32.2. The number of fused-ring (bicyclic) bond motifs is 1. The van der Waals surface area contributed by atoms with Crippen molar-refractivity contribution in [3.63, 3.8) is 0 Å². The molecule has 1 atom stereocenters. The zero-order valence-corrected chi connectivity index (χ0v) is 17.7. The second-order valence-corrected chi connectivity index (χ2v) is 8.79. The second-order valence-electron chi connectivity index (χ2n) is 7.08. The van der Waals surface area contributed by atoms with E-state index in [1.807, 2.05) is 0 Å². The Bertz CT molecular complexity index is 1300. The number of nitrogens with zero attached hydrogens (tertiary/aromatic N) is 3. The average molecular weight is 483 g/mol. The number of hydrogen-bond donors (Lipinski definition) is 0. The zero-order valence-electron chi connectivity index (χ0n) is 16.9. The van der Waals surface area contributed by atoms with Gasteiger partial charge in [-0.1, -0.05) is 12.1 Å². The summed E-state index contributed by atoms with van der Waals surface area (Å²) >= 11 is -1.52. The Morgan fingerprint density at radius 1 is 0.909 bits per heavy atom. The van der Waals surface area contributed by atoms with E-state index in [0.717, 1.165) is 24.3 Å². The van der Waals surface area contributed by atoms with Crippen molar-refractivity contribution in [1.29, 1.82) is 0 Å². The Labute approximate surface area is 187 Å². The van der Waals surface area contributed by atoms with E-state index in [4.69, 9.17) is 0 Å². The largest absolute Gasteiger partial charge is 0.611 e. The van der Waals surface area contributed by atoms with Gasteiger partial charge in [0.15, 0.2) is 4.90 Å². The lowest BCUT2D eigenvalue weighted by Crippen LogP contribution is -2.07. The molecule has 4 aromatic rings. The summed E-state index contributed by atoms with van der Waals surface area (Å²) < 4.78 is 91.6. The molecule has 0 bridgehead atoms. The maximum Gasteiger partial charge on any atom is 0.416 e. The van der Waals surface area contributed by atoms with Crippen LogP contribution in [-0.4, -0.2) is 24.7 Å². The minimum atomic E-state index is -4.52. The Balaban J connectivity index is 1.78. The van der Waals surface area contributed by atoms with E-state index in [1.54, 1.807) is 13.0 Å². The van der Waals surface area contributed by atoms with Crippen LogP contribution in [0.4, 0.5) is 26.3 Å². The standard InChI is InChI=1S/C22H15F6N3OS/c1-2-33(32)18-9-14(13-3-5-15(6-4-13)21(23,24)25)11-29-20(18)17-12-31-8-7-16(22(26,27)28)10-19(31)30-17/h3-12H,2H2,1H3. The number of hydrogen-bond acceptors (Lipinski definition) is 3. The summed E-state index contributed by atoms with van der Waals surface area (Å²) in [6.07, 6.45) is -4.89. The van der Waals surface area contributed by atoms with Crippen molar-refractivity contribution in [3.05, 3.63) is 72.2 Å². The van der Waals surface area contributed by atoms with Crippen LogP contribution >= 0.6 is 0 Å². The van der Waals surface area contributed by atoms with Crippen LogP contribution in [0.2, 0.25) is 0 Å². The average Bonchev–Trinajstić information content (AvgIpc) is 3.20. The van der Waals surface area contributed by atoms with Crippen LogP contribution in [0.3, 0.4) is 0 Å². The fourth-order valence-electron chi connectivity index (χ4n) is 3.25. The predicted molar refractivity (Wildman–Crippen MR) is 111 cm³/mol. The third kappa shape index (κ3) is 4.69. The van der Waals surface area contributed by atoms with Gasteiger partial charge in [0.1, 0.15) is 22.8 Å². The molecular weight excluding hydrogens is 468 g/mol. The Kier molecular flexibility index (Phi) is 5.87. The van der Waals surface area contributed by atoms with E-state index >= 15 is 0 Å². The SMILES string of the molecule is CC[S+]([O-])c1cc(-c2ccc(C(F)(F)F)cc2)cnc1-c1cn2ccc(C(F)(F)F)cc2n1. The van der Waals surface area contributed by atoms with Crippen LogP contribution in [0.5, 0.6) is 0 Å². The van der Waals surface area contributed by atoms with Gasteiger partial charge in [0, 0.05) is 30.2 Å². The molecule has 0 aliphatic rings. The summed E-state index contributed by atoms with van der Waals surface area (Å²) in [5.74, 6) is 0.233. The molecule has 3 heterocycles. The molecule has 1 unspecified atom stereocenters. The molecule has 33 heavy (non-hydrogen) atoms. The van der Waals surface area contributed by atoms with Crippen molar-refractivity contribution in [3.8, 4) is 22.5 Å². The molecule has 0 fully saturated rings. The van der Waals surface area contributed by atoms with Gasteiger partial charge in [0.2, 0.25) is 0 Å². The van der Waals surface area contributed by atoms with E-state index in [2.05, 4.69) is 9.97 Å². The molecule has 1 aromatic carbocycles. The van der Waals surface area contributed by atoms with E-state index in [1.165, 1.54) is 35.1 Å². The molecule has 4 nitrogen and oxygen atoms in total. The van der Waals surface area contributed by atoms with Crippen molar-refractivity contribution < 1.29 is 30.9 Å². The Morgan fingerprint density at radius 3 is 2.18 bits per heavy atom. The Hall–Kier alpha value is -3.05. The molecule has 0 radical (unpaired) electrons. The molecule has 172 valence electrons. The number of benzene rings is 1. The summed E-state index contributed by atoms with van der Waals surface area (Å²) in [4.78, 5) is 8.82. The Morgan fingerprint density at radius 2 is 1.58 bits per heavy atom. The molecule has 0 N–H and O–H groups in total. The summed E-state index contributed by atoms with van der Waals surface area (Å²) in [5.41, 5.74) is -0.255. The predicted octanol–water partition coefficient (Wildman–Crippen LogP) is 6.23. The lowest BCUT2D eigenvalue weighted by Gasteiger charge is -2.13. The first-order chi connectivity index (χ1) is 15.5. The van der Waals surface area contributed by atoms with Crippen molar-refractivity contribution in [2.45, 2.75) is 24.2 Å². The van der Waals surface area contributed by atoms with Gasteiger partial charge in [-0.2, -0.15) is 26.3 Å². The van der Waals surface area contributed by atoms with E-state index in [-0.39, 0.29) is 27.7 Å². The molecular formula is C22H15F6N3OS. The molecule has 3 aromatic heterocycles. The number of rotatable bonds is 4. The monoisotopic (exact) mass is 483 g/mol. The van der Waals surface area contributed by atoms with E-state index < -0.39 is 34.7 Å². The molecule has 0 saturated carbocycles. The van der Waals surface area contributed by atoms with Crippen molar-refractivity contribution in [1.82, 2.24) is 14.4 Å². The summed E-state index contributed by atoms with van der Waals surface area (Å²) in [6, 6.07) is 7.85. The van der Waals surface area contributed by atoms with Crippen molar-refractivity contribution >= 4 is 16.8 Å². The molecule has 4 rings (SSSR count). The van der Waals surface area contributed by atoms with Crippen molar-refractivity contribution in [2.75, 3.05) is 5.75 Å². The van der Waals surface area contributed by atoms with Crippen molar-refractivity contribution in [2.24, 2.45) is 0 Å². The minimum absolute atomic E-state index is 0.0432. The third-order valence-corrected chi connectivity index (χ3v) is 6.26. The number of alkyl halides is 6. The summed E-state index contributed by atoms with van der Waals surface area (Å²) in [5, 5.41) is 0. The zero-order chi connectivity index (χ0) is 24.0. The molecule has 0 spiro atoms. The third-order valence-electron chi connectivity index (χ3n) is 4.94. The highest BCUT2D eigenvalue weighted by Crippen LogP contribution is 2.34. The van der Waals surface area contributed by atoms with Gasteiger partial charge in [-0.05, 0) is 47.9 Å². The fraction of sp³-hybridized carbons (Fsp3) is 0.182. The molecule has 11 heteroatoms. The highest BCUT2D eigenvalue weighted by Gasteiger charge is 2.31. The molecule has 0 saturated heterocycles. The first-order valence-electron chi connectivity index (χ1n) is 9.59. The number of pyridine rings is 2. The first kappa shape index (κ1) is 23.1. The van der Waals surface area contributed by atoms with Gasteiger partial charge in [-0.3, -0.25) is 0 Å².